The van der Waals surface area contributed by atoms with Crippen molar-refractivity contribution in [1.82, 2.24) is 10.2 Å². The number of anilines is 1. The van der Waals surface area contributed by atoms with Crippen LogP contribution < -0.4 is 5.73 Å². The van der Waals surface area contributed by atoms with Crippen molar-refractivity contribution in [3.8, 4) is 0 Å². The number of nitrogen functional groups attached to an aromatic ring is 1. The summed E-state index contributed by atoms with van der Waals surface area (Å²) in [5.74, 6) is -2.18. The number of aromatic amines is 1. The highest BCUT2D eigenvalue weighted by atomic mass is 19.3. The predicted molar refractivity (Wildman–Crippen MR) is 53.9 cm³/mol. The van der Waals surface area contributed by atoms with Gasteiger partial charge in [-0.3, -0.25) is 5.10 Å². The molecule has 1 aromatic rings. The van der Waals surface area contributed by atoms with Crippen LogP contribution in [-0.2, 0) is 6.42 Å². The van der Waals surface area contributed by atoms with Crippen LogP contribution in [0.1, 0.15) is 43.4 Å². The monoisotopic (exact) mass is 215 g/mol. The van der Waals surface area contributed by atoms with E-state index in [1.807, 2.05) is 6.92 Å². The zero-order valence-electron chi connectivity index (χ0n) is 8.69. The Morgan fingerprint density at radius 1 is 1.60 bits per heavy atom. The number of hydrogen-bond acceptors (Lipinski definition) is 2. The summed E-state index contributed by atoms with van der Waals surface area (Å²) < 4.78 is 26.1. The molecule has 3 nitrogen and oxygen atoms in total. The Hall–Kier alpha value is -1.13. The Bertz CT molecular complexity index is 360. The maximum atomic E-state index is 13.1. The number of halogens is 2. The second-order valence-corrected chi connectivity index (χ2v) is 4.15. The van der Waals surface area contributed by atoms with Gasteiger partial charge in [0.1, 0.15) is 5.82 Å². The SMILES string of the molecule is CCc1c(N)n[nH]c1C1CCC(F)(F)C1. The van der Waals surface area contributed by atoms with E-state index in [1.54, 1.807) is 0 Å². The largest absolute Gasteiger partial charge is 0.382 e. The molecule has 1 fully saturated rings. The van der Waals surface area contributed by atoms with E-state index >= 15 is 0 Å². The number of hydrogen-bond donors (Lipinski definition) is 2. The molecule has 0 aliphatic heterocycles. The molecule has 2 rings (SSSR count). The normalized spacial score (nSPS) is 24.6. The van der Waals surface area contributed by atoms with Crippen molar-refractivity contribution in [3.63, 3.8) is 0 Å². The highest BCUT2D eigenvalue weighted by Crippen LogP contribution is 2.44. The highest BCUT2D eigenvalue weighted by Gasteiger charge is 2.41. The fraction of sp³-hybridized carbons (Fsp3) is 0.700. The number of alkyl halides is 2. The van der Waals surface area contributed by atoms with Crippen molar-refractivity contribution in [2.24, 2.45) is 0 Å². The Labute approximate surface area is 87.0 Å². The second-order valence-electron chi connectivity index (χ2n) is 4.15. The molecular weight excluding hydrogens is 200 g/mol. The maximum Gasteiger partial charge on any atom is 0.248 e. The lowest BCUT2D eigenvalue weighted by atomic mass is 9.98. The van der Waals surface area contributed by atoms with Gasteiger partial charge in [-0.05, 0) is 12.8 Å². The molecule has 1 aliphatic rings. The van der Waals surface area contributed by atoms with Gasteiger partial charge >= 0.3 is 0 Å². The third kappa shape index (κ3) is 1.82. The smallest absolute Gasteiger partial charge is 0.248 e. The van der Waals surface area contributed by atoms with Gasteiger partial charge in [0.25, 0.3) is 0 Å². The number of rotatable bonds is 2. The molecule has 0 saturated heterocycles. The van der Waals surface area contributed by atoms with E-state index < -0.39 is 5.92 Å². The van der Waals surface area contributed by atoms with Crippen molar-refractivity contribution in [2.45, 2.75) is 44.4 Å². The molecule has 0 radical (unpaired) electrons. The quantitative estimate of drug-likeness (QED) is 0.796. The standard InChI is InChI=1S/C10H15F2N3/c1-2-7-8(14-15-9(7)13)6-3-4-10(11,12)5-6/h6H,2-5H2,1H3,(H3,13,14,15). The topological polar surface area (TPSA) is 54.7 Å². The Morgan fingerprint density at radius 3 is 2.87 bits per heavy atom. The molecule has 84 valence electrons. The second kappa shape index (κ2) is 3.47. The van der Waals surface area contributed by atoms with Crippen LogP contribution in [-0.4, -0.2) is 16.1 Å². The van der Waals surface area contributed by atoms with Crippen LogP contribution in [0.3, 0.4) is 0 Å². The van der Waals surface area contributed by atoms with E-state index in [0.29, 0.717) is 12.2 Å². The lowest BCUT2D eigenvalue weighted by Gasteiger charge is -2.10. The molecule has 1 aliphatic carbocycles. The van der Waals surface area contributed by atoms with E-state index in [0.717, 1.165) is 17.7 Å². The fourth-order valence-corrected chi connectivity index (χ4v) is 2.30. The average Bonchev–Trinajstić information content (AvgIpc) is 2.69. The summed E-state index contributed by atoms with van der Waals surface area (Å²) in [4.78, 5) is 0. The first-order valence-electron chi connectivity index (χ1n) is 5.24. The van der Waals surface area contributed by atoms with Crippen LogP contribution in [0.15, 0.2) is 0 Å². The van der Waals surface area contributed by atoms with Gasteiger partial charge in [-0.15, -0.1) is 0 Å². The first-order valence-corrected chi connectivity index (χ1v) is 5.24. The van der Waals surface area contributed by atoms with E-state index in [9.17, 15) is 8.78 Å². The van der Waals surface area contributed by atoms with Crippen LogP contribution in [0.5, 0.6) is 0 Å². The third-order valence-electron chi connectivity index (χ3n) is 3.10. The lowest BCUT2D eigenvalue weighted by molar-refractivity contribution is 0.00764. The summed E-state index contributed by atoms with van der Waals surface area (Å²) in [6.07, 6.45) is 1.14. The summed E-state index contributed by atoms with van der Waals surface area (Å²) >= 11 is 0. The van der Waals surface area contributed by atoms with Gasteiger partial charge in [-0.1, -0.05) is 6.92 Å². The van der Waals surface area contributed by atoms with E-state index in [-0.39, 0.29) is 18.8 Å². The Morgan fingerprint density at radius 2 is 2.33 bits per heavy atom. The summed E-state index contributed by atoms with van der Waals surface area (Å²) in [5, 5.41) is 6.68. The van der Waals surface area contributed by atoms with Crippen molar-refractivity contribution >= 4 is 5.82 Å². The van der Waals surface area contributed by atoms with Gasteiger partial charge in [0.05, 0.1) is 0 Å². The molecular formula is C10H15F2N3. The zero-order valence-corrected chi connectivity index (χ0v) is 8.69. The van der Waals surface area contributed by atoms with Crippen LogP contribution >= 0.6 is 0 Å². The van der Waals surface area contributed by atoms with Gasteiger partial charge in [-0.2, -0.15) is 5.10 Å². The Balaban J connectivity index is 2.24. The van der Waals surface area contributed by atoms with Gasteiger partial charge in [-0.25, -0.2) is 8.78 Å². The van der Waals surface area contributed by atoms with Gasteiger partial charge < -0.3 is 5.73 Å². The van der Waals surface area contributed by atoms with Crippen LogP contribution in [0, 0.1) is 0 Å². The van der Waals surface area contributed by atoms with Crippen LogP contribution in [0.2, 0.25) is 0 Å². The predicted octanol–water partition coefficient (Wildman–Crippen LogP) is 2.46. The number of aromatic nitrogens is 2. The van der Waals surface area contributed by atoms with Crippen molar-refractivity contribution in [1.29, 1.82) is 0 Å². The average molecular weight is 215 g/mol. The summed E-state index contributed by atoms with van der Waals surface area (Å²) in [5.41, 5.74) is 7.37. The molecule has 3 N–H and O–H groups in total. The van der Waals surface area contributed by atoms with Crippen molar-refractivity contribution in [3.05, 3.63) is 11.3 Å². The molecule has 5 heteroatoms. The molecule has 0 bridgehead atoms. The van der Waals surface area contributed by atoms with Crippen molar-refractivity contribution in [2.75, 3.05) is 5.73 Å². The molecule has 1 aromatic heterocycles. The molecule has 0 aromatic carbocycles. The molecule has 1 atom stereocenters. The molecule has 1 heterocycles. The van der Waals surface area contributed by atoms with E-state index in [2.05, 4.69) is 10.2 Å². The summed E-state index contributed by atoms with van der Waals surface area (Å²) in [7, 11) is 0. The maximum absolute atomic E-state index is 13.1. The van der Waals surface area contributed by atoms with Crippen LogP contribution in [0.4, 0.5) is 14.6 Å². The molecule has 15 heavy (non-hydrogen) atoms. The van der Waals surface area contributed by atoms with Gasteiger partial charge in [0.2, 0.25) is 5.92 Å². The first-order chi connectivity index (χ1) is 7.03. The third-order valence-corrected chi connectivity index (χ3v) is 3.10. The number of nitrogens with two attached hydrogens (primary N) is 1. The van der Waals surface area contributed by atoms with E-state index in [4.69, 9.17) is 5.73 Å². The number of nitrogens with one attached hydrogen (secondary N) is 1. The highest BCUT2D eigenvalue weighted by molar-refractivity contribution is 5.43. The zero-order chi connectivity index (χ0) is 11.1. The summed E-state index contributed by atoms with van der Waals surface area (Å²) in [6, 6.07) is 0. The fourth-order valence-electron chi connectivity index (χ4n) is 2.30. The van der Waals surface area contributed by atoms with Crippen molar-refractivity contribution < 1.29 is 8.78 Å². The van der Waals surface area contributed by atoms with Crippen LogP contribution in [0.25, 0.3) is 0 Å². The molecule has 1 unspecified atom stereocenters. The number of H-pyrrole nitrogens is 1. The minimum absolute atomic E-state index is 0.0280. The molecule has 0 amide bonds. The lowest BCUT2D eigenvalue weighted by Crippen LogP contribution is -2.09. The van der Waals surface area contributed by atoms with Gasteiger partial charge in [0, 0.05) is 30.0 Å². The molecule has 1 saturated carbocycles. The number of nitrogens with zero attached hydrogens (tertiary/aromatic N) is 1. The minimum Gasteiger partial charge on any atom is -0.382 e. The summed E-state index contributed by atoms with van der Waals surface area (Å²) in [6.45, 7) is 1.96. The first kappa shape index (κ1) is 10.4. The Kier molecular flexibility index (Phi) is 2.40. The molecule has 0 spiro atoms. The van der Waals surface area contributed by atoms with E-state index in [1.165, 1.54) is 0 Å². The minimum atomic E-state index is -2.52. The van der Waals surface area contributed by atoms with Gasteiger partial charge in [0.15, 0.2) is 0 Å².